The molecule has 146 valence electrons. The van der Waals surface area contributed by atoms with E-state index in [0.717, 1.165) is 10.4 Å². The van der Waals surface area contributed by atoms with Gasteiger partial charge in [0.15, 0.2) is 0 Å². The predicted molar refractivity (Wildman–Crippen MR) is 108 cm³/mol. The SMILES string of the molecule is Cc1cc(/C(O)=C2/C(=O)C(=O)N(Cc3ccncc3)C2c2cccs2)ccc1F. The first-order valence-electron chi connectivity index (χ1n) is 8.94. The molecule has 0 spiro atoms. The van der Waals surface area contributed by atoms with Gasteiger partial charge < -0.3 is 10.0 Å². The molecule has 1 atom stereocenters. The Kier molecular flexibility index (Phi) is 4.98. The Hall–Kier alpha value is -3.32. The number of rotatable bonds is 4. The van der Waals surface area contributed by atoms with Gasteiger partial charge in [-0.15, -0.1) is 11.3 Å². The molecule has 0 aliphatic carbocycles. The van der Waals surface area contributed by atoms with E-state index >= 15 is 0 Å². The van der Waals surface area contributed by atoms with Gasteiger partial charge in [0.1, 0.15) is 11.6 Å². The van der Waals surface area contributed by atoms with E-state index < -0.39 is 23.5 Å². The minimum Gasteiger partial charge on any atom is -0.507 e. The van der Waals surface area contributed by atoms with E-state index in [0.29, 0.717) is 11.1 Å². The summed E-state index contributed by atoms with van der Waals surface area (Å²) in [6, 6.07) is 10.6. The number of hydrogen-bond donors (Lipinski definition) is 1. The van der Waals surface area contributed by atoms with Crippen LogP contribution in [0.1, 0.15) is 27.6 Å². The lowest BCUT2D eigenvalue weighted by Gasteiger charge is -2.24. The number of carbonyl (C=O) groups is 2. The molecule has 1 aliphatic rings. The van der Waals surface area contributed by atoms with Crippen LogP contribution in [0.15, 0.2) is 65.8 Å². The molecule has 1 fully saturated rings. The summed E-state index contributed by atoms with van der Waals surface area (Å²) in [6.45, 7) is 1.78. The molecule has 2 aromatic heterocycles. The highest BCUT2D eigenvalue weighted by Crippen LogP contribution is 2.41. The fraction of sp³-hybridized carbons (Fsp3) is 0.136. The average Bonchev–Trinajstić information content (AvgIpc) is 3.33. The van der Waals surface area contributed by atoms with Crippen LogP contribution in [-0.4, -0.2) is 26.7 Å². The van der Waals surface area contributed by atoms with Crippen LogP contribution < -0.4 is 0 Å². The van der Waals surface area contributed by atoms with E-state index in [1.165, 1.54) is 34.4 Å². The third kappa shape index (κ3) is 3.45. The third-order valence-corrected chi connectivity index (χ3v) is 5.81. The van der Waals surface area contributed by atoms with Gasteiger partial charge in [0.2, 0.25) is 0 Å². The van der Waals surface area contributed by atoms with Crippen LogP contribution in [0.3, 0.4) is 0 Å². The van der Waals surface area contributed by atoms with Crippen molar-refractivity contribution in [2.24, 2.45) is 0 Å². The first kappa shape index (κ1) is 19.0. The maximum absolute atomic E-state index is 13.7. The first-order chi connectivity index (χ1) is 14.0. The average molecular weight is 408 g/mol. The lowest BCUT2D eigenvalue weighted by atomic mass is 9.99. The Labute approximate surface area is 170 Å². The number of aliphatic hydroxyl groups excluding tert-OH is 1. The maximum atomic E-state index is 13.7. The highest BCUT2D eigenvalue weighted by atomic mass is 32.1. The summed E-state index contributed by atoms with van der Waals surface area (Å²) in [5.74, 6) is -2.14. The molecule has 0 radical (unpaired) electrons. The quantitative estimate of drug-likeness (QED) is 0.399. The second-order valence-corrected chi connectivity index (χ2v) is 7.74. The largest absolute Gasteiger partial charge is 0.507 e. The number of carbonyl (C=O) groups excluding carboxylic acids is 2. The lowest BCUT2D eigenvalue weighted by Crippen LogP contribution is -2.28. The van der Waals surface area contributed by atoms with Crippen molar-refractivity contribution in [3.8, 4) is 0 Å². The second-order valence-electron chi connectivity index (χ2n) is 6.76. The Bertz CT molecular complexity index is 1110. The summed E-state index contributed by atoms with van der Waals surface area (Å²) < 4.78 is 13.7. The lowest BCUT2D eigenvalue weighted by molar-refractivity contribution is -0.140. The number of aliphatic hydroxyl groups is 1. The smallest absolute Gasteiger partial charge is 0.295 e. The zero-order valence-electron chi connectivity index (χ0n) is 15.5. The molecule has 1 amide bonds. The summed E-state index contributed by atoms with van der Waals surface area (Å²) in [6.07, 6.45) is 3.24. The van der Waals surface area contributed by atoms with Gasteiger partial charge >= 0.3 is 0 Å². The molecule has 1 unspecified atom stereocenters. The van der Waals surface area contributed by atoms with Crippen molar-refractivity contribution in [2.75, 3.05) is 0 Å². The predicted octanol–water partition coefficient (Wildman–Crippen LogP) is 4.21. The molecule has 5 nitrogen and oxygen atoms in total. The van der Waals surface area contributed by atoms with Crippen molar-refractivity contribution in [2.45, 2.75) is 19.5 Å². The molecule has 3 aromatic rings. The van der Waals surface area contributed by atoms with Gasteiger partial charge in [-0.05, 0) is 59.8 Å². The number of halogens is 1. The number of nitrogens with zero attached hydrogens (tertiary/aromatic N) is 2. The van der Waals surface area contributed by atoms with Gasteiger partial charge in [-0.1, -0.05) is 6.07 Å². The van der Waals surface area contributed by atoms with E-state index in [1.54, 1.807) is 31.5 Å². The van der Waals surface area contributed by atoms with E-state index in [1.807, 2.05) is 17.5 Å². The Balaban J connectivity index is 1.84. The molecule has 0 saturated carbocycles. The van der Waals surface area contributed by atoms with Crippen LogP contribution in [0.4, 0.5) is 4.39 Å². The summed E-state index contributed by atoms with van der Waals surface area (Å²) in [5.41, 5.74) is 1.47. The van der Waals surface area contributed by atoms with Crippen LogP contribution in [0.2, 0.25) is 0 Å². The number of Topliss-reactive ketones (excluding diaryl/α,β-unsaturated/α-hetero) is 1. The number of benzene rings is 1. The molecule has 1 aliphatic heterocycles. The number of thiophene rings is 1. The maximum Gasteiger partial charge on any atom is 0.295 e. The summed E-state index contributed by atoms with van der Waals surface area (Å²) in [5, 5.41) is 12.8. The molecular weight excluding hydrogens is 391 g/mol. The molecule has 0 bridgehead atoms. The van der Waals surface area contributed by atoms with Crippen molar-refractivity contribution in [1.29, 1.82) is 0 Å². The molecule has 4 rings (SSSR count). The van der Waals surface area contributed by atoms with Gasteiger partial charge in [-0.3, -0.25) is 14.6 Å². The molecular formula is C22H17FN2O3S. The minimum atomic E-state index is -0.753. The van der Waals surface area contributed by atoms with Gasteiger partial charge in [-0.25, -0.2) is 4.39 Å². The van der Waals surface area contributed by atoms with Crippen LogP contribution >= 0.6 is 11.3 Å². The number of hydrogen-bond acceptors (Lipinski definition) is 5. The molecule has 1 saturated heterocycles. The Morgan fingerprint density at radius 1 is 1.21 bits per heavy atom. The number of ketones is 1. The second kappa shape index (κ2) is 7.60. The van der Waals surface area contributed by atoms with Gasteiger partial charge in [-0.2, -0.15) is 0 Å². The molecule has 29 heavy (non-hydrogen) atoms. The van der Waals surface area contributed by atoms with Crippen molar-refractivity contribution < 1.29 is 19.1 Å². The summed E-state index contributed by atoms with van der Waals surface area (Å²) >= 11 is 1.40. The minimum absolute atomic E-state index is 0.0116. The zero-order valence-corrected chi connectivity index (χ0v) is 16.3. The number of aromatic nitrogens is 1. The monoisotopic (exact) mass is 408 g/mol. The zero-order chi connectivity index (χ0) is 20.5. The van der Waals surface area contributed by atoms with Gasteiger partial charge in [0.25, 0.3) is 11.7 Å². The van der Waals surface area contributed by atoms with Crippen LogP contribution in [0, 0.1) is 12.7 Å². The highest BCUT2D eigenvalue weighted by Gasteiger charge is 2.46. The van der Waals surface area contributed by atoms with Crippen molar-refractivity contribution in [3.05, 3.63) is 93.2 Å². The standard InChI is InChI=1S/C22H17FN2O3S/c1-13-11-15(4-5-16(13)23)20(26)18-19(17-3-2-10-29-17)25(22(28)21(18)27)12-14-6-8-24-9-7-14/h2-11,19,26H,12H2,1H3/b20-18-. The van der Waals surface area contributed by atoms with Gasteiger partial charge in [0.05, 0.1) is 11.6 Å². The Morgan fingerprint density at radius 2 is 1.97 bits per heavy atom. The third-order valence-electron chi connectivity index (χ3n) is 4.89. The van der Waals surface area contributed by atoms with Crippen LogP contribution in [-0.2, 0) is 16.1 Å². The van der Waals surface area contributed by atoms with Crippen LogP contribution in [0.25, 0.3) is 5.76 Å². The van der Waals surface area contributed by atoms with Crippen molar-refractivity contribution in [1.82, 2.24) is 9.88 Å². The highest BCUT2D eigenvalue weighted by molar-refractivity contribution is 7.10. The van der Waals surface area contributed by atoms with Crippen LogP contribution in [0.5, 0.6) is 0 Å². The summed E-state index contributed by atoms with van der Waals surface area (Å²) in [4.78, 5) is 31.9. The number of amides is 1. The molecule has 7 heteroatoms. The molecule has 1 N–H and O–H groups in total. The van der Waals surface area contributed by atoms with E-state index in [9.17, 15) is 19.1 Å². The van der Waals surface area contributed by atoms with E-state index in [2.05, 4.69) is 4.98 Å². The van der Waals surface area contributed by atoms with Crippen molar-refractivity contribution in [3.63, 3.8) is 0 Å². The first-order valence-corrected chi connectivity index (χ1v) is 9.82. The molecule has 1 aromatic carbocycles. The normalized spacial score (nSPS) is 18.4. The summed E-state index contributed by atoms with van der Waals surface area (Å²) in [7, 11) is 0. The van der Waals surface area contributed by atoms with E-state index in [4.69, 9.17) is 0 Å². The molecule has 3 heterocycles. The van der Waals surface area contributed by atoms with Gasteiger partial charge in [0, 0.05) is 29.4 Å². The number of pyridine rings is 1. The number of likely N-dealkylation sites (tertiary alicyclic amines) is 1. The fourth-order valence-electron chi connectivity index (χ4n) is 3.42. The fourth-order valence-corrected chi connectivity index (χ4v) is 4.26. The topological polar surface area (TPSA) is 70.5 Å². The number of aryl methyl sites for hydroxylation is 1. The Morgan fingerprint density at radius 3 is 2.62 bits per heavy atom. The van der Waals surface area contributed by atoms with E-state index in [-0.39, 0.29) is 17.9 Å². The van der Waals surface area contributed by atoms with Crippen molar-refractivity contribution >= 4 is 28.8 Å².